The second-order valence-electron chi connectivity index (χ2n) is 2.32. The quantitative estimate of drug-likeness (QED) is 0.409. The van der Waals surface area contributed by atoms with E-state index in [1.165, 1.54) is 0 Å². The summed E-state index contributed by atoms with van der Waals surface area (Å²) in [5.74, 6) is -2.45. The molecule has 1 nitrogen and oxygen atoms in total. The molecule has 0 N–H and O–H groups in total. The summed E-state index contributed by atoms with van der Waals surface area (Å²) < 4.78 is 25.6. The number of hydrogen-bond donors (Lipinski definition) is 0. The van der Waals surface area contributed by atoms with Crippen molar-refractivity contribution in [2.24, 2.45) is 0 Å². The van der Waals surface area contributed by atoms with Crippen LogP contribution < -0.4 is 0 Å². The van der Waals surface area contributed by atoms with Gasteiger partial charge in [0.05, 0.1) is 0 Å². The number of hydrogen-bond acceptors (Lipinski definition) is 1. The lowest BCUT2D eigenvalue weighted by Gasteiger charge is -1.99. The molecule has 0 aliphatic heterocycles. The van der Waals surface area contributed by atoms with E-state index in [2.05, 4.69) is 6.58 Å². The lowest BCUT2D eigenvalue weighted by atomic mass is 10.1. The molecule has 68 valence electrons. The maximum atomic E-state index is 12.8. The maximum Gasteiger partial charge on any atom is 0.185 e. The molecule has 0 fully saturated rings. The molecule has 0 heterocycles. The number of halogens is 3. The van der Waals surface area contributed by atoms with Crippen LogP contribution in [0.1, 0.15) is 10.4 Å². The molecule has 0 aliphatic rings. The fourth-order valence-electron chi connectivity index (χ4n) is 0.816. The Bertz CT molecular complexity index is 351. The van der Waals surface area contributed by atoms with Crippen LogP contribution in [-0.2, 0) is 0 Å². The van der Waals surface area contributed by atoms with E-state index in [1.54, 1.807) is 0 Å². The van der Waals surface area contributed by atoms with Crippen LogP contribution in [0.5, 0.6) is 0 Å². The van der Waals surface area contributed by atoms with E-state index in [-0.39, 0.29) is 5.56 Å². The number of rotatable bonds is 2. The Kier molecular flexibility index (Phi) is 2.78. The second kappa shape index (κ2) is 3.66. The molecule has 13 heavy (non-hydrogen) atoms. The second-order valence-corrected chi connectivity index (χ2v) is 2.70. The van der Waals surface area contributed by atoms with E-state index in [0.29, 0.717) is 0 Å². The largest absolute Gasteiger partial charge is 0.289 e. The van der Waals surface area contributed by atoms with Crippen LogP contribution in [0, 0.1) is 11.6 Å². The highest BCUT2D eigenvalue weighted by molar-refractivity contribution is 6.31. The van der Waals surface area contributed by atoms with E-state index < -0.39 is 22.4 Å². The average molecular weight is 203 g/mol. The van der Waals surface area contributed by atoms with Gasteiger partial charge in [0.2, 0.25) is 0 Å². The summed E-state index contributed by atoms with van der Waals surface area (Å²) in [7, 11) is 0. The standard InChI is InChI=1S/C9H5ClF2O/c1-2-8(13)5-3-6(11)9(10)7(12)4-5/h2-4H,1H2. The van der Waals surface area contributed by atoms with Gasteiger partial charge in [0.25, 0.3) is 0 Å². The van der Waals surface area contributed by atoms with Crippen LogP contribution >= 0.6 is 11.6 Å². The molecule has 0 radical (unpaired) electrons. The lowest BCUT2D eigenvalue weighted by Crippen LogP contribution is -1.97. The van der Waals surface area contributed by atoms with Gasteiger partial charge in [-0.25, -0.2) is 8.78 Å². The van der Waals surface area contributed by atoms with Crippen molar-refractivity contribution in [3.05, 3.63) is 47.0 Å². The average Bonchev–Trinajstić information content (AvgIpc) is 2.12. The SMILES string of the molecule is C=CC(=O)c1cc(F)c(Cl)c(F)c1. The molecular formula is C9H5ClF2O. The van der Waals surface area contributed by atoms with E-state index >= 15 is 0 Å². The van der Waals surface area contributed by atoms with Gasteiger partial charge in [0.1, 0.15) is 16.7 Å². The molecule has 0 atom stereocenters. The zero-order valence-corrected chi connectivity index (χ0v) is 7.24. The molecule has 0 aliphatic carbocycles. The fourth-order valence-corrected chi connectivity index (χ4v) is 0.925. The molecule has 0 amide bonds. The van der Waals surface area contributed by atoms with Crippen LogP contribution in [0.4, 0.5) is 8.78 Å². The van der Waals surface area contributed by atoms with Crippen molar-refractivity contribution < 1.29 is 13.6 Å². The van der Waals surface area contributed by atoms with Gasteiger partial charge in [-0.3, -0.25) is 4.79 Å². The van der Waals surface area contributed by atoms with Crippen molar-refractivity contribution >= 4 is 17.4 Å². The smallest absolute Gasteiger partial charge is 0.185 e. The van der Waals surface area contributed by atoms with Crippen LogP contribution in [0.25, 0.3) is 0 Å². The summed E-state index contributed by atoms with van der Waals surface area (Å²) in [6.45, 7) is 3.19. The van der Waals surface area contributed by atoms with Gasteiger partial charge < -0.3 is 0 Å². The molecule has 1 aromatic rings. The molecular weight excluding hydrogens is 198 g/mol. The Morgan fingerprint density at radius 2 is 1.85 bits per heavy atom. The van der Waals surface area contributed by atoms with Crippen LogP contribution in [0.3, 0.4) is 0 Å². The third-order valence-electron chi connectivity index (χ3n) is 1.45. The summed E-state index contributed by atoms with van der Waals surface area (Å²) in [4.78, 5) is 10.9. The van der Waals surface area contributed by atoms with Gasteiger partial charge >= 0.3 is 0 Å². The van der Waals surface area contributed by atoms with Gasteiger partial charge in [-0.2, -0.15) is 0 Å². The third-order valence-corrected chi connectivity index (χ3v) is 1.81. The lowest BCUT2D eigenvalue weighted by molar-refractivity contribution is 0.104. The first-order chi connectivity index (χ1) is 6.06. The molecule has 1 rings (SSSR count). The van der Waals surface area contributed by atoms with Crippen molar-refractivity contribution in [1.82, 2.24) is 0 Å². The minimum absolute atomic E-state index is 0.102. The van der Waals surface area contributed by atoms with Crippen molar-refractivity contribution in [2.45, 2.75) is 0 Å². The number of benzene rings is 1. The summed E-state index contributed by atoms with van der Waals surface area (Å²) in [5, 5.41) is -0.611. The maximum absolute atomic E-state index is 12.8. The minimum Gasteiger partial charge on any atom is -0.289 e. The van der Waals surface area contributed by atoms with Gasteiger partial charge in [-0.15, -0.1) is 0 Å². The Labute approximate surface area is 78.6 Å². The third kappa shape index (κ3) is 1.92. The monoisotopic (exact) mass is 202 g/mol. The Morgan fingerprint density at radius 1 is 1.38 bits per heavy atom. The van der Waals surface area contributed by atoms with Crippen molar-refractivity contribution in [3.8, 4) is 0 Å². The highest BCUT2D eigenvalue weighted by Gasteiger charge is 2.11. The minimum atomic E-state index is -0.952. The molecule has 0 bridgehead atoms. The van der Waals surface area contributed by atoms with E-state index in [9.17, 15) is 13.6 Å². The topological polar surface area (TPSA) is 17.1 Å². The molecule has 0 spiro atoms. The Morgan fingerprint density at radius 3 is 2.23 bits per heavy atom. The molecule has 0 saturated carbocycles. The number of ketones is 1. The normalized spacial score (nSPS) is 9.77. The van der Waals surface area contributed by atoms with Gasteiger partial charge in [0.15, 0.2) is 5.78 Å². The molecule has 0 saturated heterocycles. The van der Waals surface area contributed by atoms with E-state index in [1.807, 2.05) is 0 Å². The van der Waals surface area contributed by atoms with Gasteiger partial charge in [-0.1, -0.05) is 18.2 Å². The van der Waals surface area contributed by atoms with Crippen LogP contribution in [0.2, 0.25) is 5.02 Å². The predicted octanol–water partition coefficient (Wildman–Crippen LogP) is 2.99. The zero-order valence-electron chi connectivity index (χ0n) is 6.48. The van der Waals surface area contributed by atoms with E-state index in [4.69, 9.17) is 11.6 Å². The first-order valence-electron chi connectivity index (χ1n) is 3.37. The Hall–Kier alpha value is -1.22. The molecule has 0 unspecified atom stereocenters. The molecule has 1 aromatic carbocycles. The Balaban J connectivity index is 3.28. The first-order valence-corrected chi connectivity index (χ1v) is 3.75. The highest BCUT2D eigenvalue weighted by atomic mass is 35.5. The summed E-state index contributed by atoms with van der Waals surface area (Å²) in [6, 6.07) is 1.74. The van der Waals surface area contributed by atoms with Gasteiger partial charge in [0, 0.05) is 5.56 Å². The number of carbonyl (C=O) groups is 1. The van der Waals surface area contributed by atoms with Gasteiger partial charge in [-0.05, 0) is 18.2 Å². The number of carbonyl (C=O) groups excluding carboxylic acids is 1. The zero-order chi connectivity index (χ0) is 10.0. The molecule has 0 aromatic heterocycles. The summed E-state index contributed by atoms with van der Waals surface area (Å²) in [6.07, 6.45) is 0.974. The molecule has 4 heteroatoms. The fraction of sp³-hybridized carbons (Fsp3) is 0. The summed E-state index contributed by atoms with van der Waals surface area (Å²) >= 11 is 5.21. The summed E-state index contributed by atoms with van der Waals surface area (Å²) in [5.41, 5.74) is -0.102. The van der Waals surface area contributed by atoms with Crippen molar-refractivity contribution in [1.29, 1.82) is 0 Å². The van der Waals surface area contributed by atoms with Crippen molar-refractivity contribution in [3.63, 3.8) is 0 Å². The highest BCUT2D eigenvalue weighted by Crippen LogP contribution is 2.20. The van der Waals surface area contributed by atoms with Crippen molar-refractivity contribution in [2.75, 3.05) is 0 Å². The van der Waals surface area contributed by atoms with Crippen LogP contribution in [-0.4, -0.2) is 5.78 Å². The number of allylic oxidation sites excluding steroid dienone is 1. The van der Waals surface area contributed by atoms with Crippen LogP contribution in [0.15, 0.2) is 24.8 Å². The first kappa shape index (κ1) is 9.86. The predicted molar refractivity (Wildman–Crippen MR) is 45.9 cm³/mol. The van der Waals surface area contributed by atoms with E-state index in [0.717, 1.165) is 18.2 Å².